The van der Waals surface area contributed by atoms with Crippen LogP contribution in [0.25, 0.3) is 0 Å². The van der Waals surface area contributed by atoms with Crippen molar-refractivity contribution >= 4 is 12.4 Å². The average molecular weight is 200 g/mol. The Morgan fingerprint density at radius 1 is 1.42 bits per heavy atom. The summed E-state index contributed by atoms with van der Waals surface area (Å²) in [5.74, 6) is 0. The molecule has 1 rings (SSSR count). The number of aliphatic hydroxyl groups is 4. The molecule has 0 saturated carbocycles. The Bertz CT molecular complexity index is 148. The van der Waals surface area contributed by atoms with Crippen LogP contribution >= 0.6 is 12.4 Å². The molecule has 12 heavy (non-hydrogen) atoms. The molecule has 1 aliphatic rings. The Kier molecular flexibility index (Phi) is 4.39. The first kappa shape index (κ1) is 12.1. The molecule has 0 aromatic rings. The van der Waals surface area contributed by atoms with Crippen LogP contribution in [0.15, 0.2) is 0 Å². The number of piperidine rings is 1. The highest BCUT2D eigenvalue weighted by molar-refractivity contribution is 5.85. The van der Waals surface area contributed by atoms with E-state index in [0.717, 1.165) is 0 Å². The minimum atomic E-state index is -1.60. The van der Waals surface area contributed by atoms with Crippen molar-refractivity contribution < 1.29 is 20.4 Å². The van der Waals surface area contributed by atoms with Crippen LogP contribution in [0.3, 0.4) is 0 Å². The Morgan fingerprint density at radius 2 is 2.00 bits per heavy atom. The van der Waals surface area contributed by atoms with Gasteiger partial charge in [-0.2, -0.15) is 0 Å². The predicted octanol–water partition coefficient (Wildman–Crippen LogP) is -2.54. The molecule has 1 heterocycles. The summed E-state index contributed by atoms with van der Waals surface area (Å²) in [5, 5.41) is 39.0. The summed E-state index contributed by atoms with van der Waals surface area (Å²) in [5.41, 5.74) is -1.60. The fourth-order valence-corrected chi connectivity index (χ4v) is 1.16. The summed E-state index contributed by atoms with van der Waals surface area (Å²) in [4.78, 5) is 0. The SMILES string of the molecule is Cl.OC[C@]1(O)CNC[C@H](O)[C@H]1O. The Balaban J connectivity index is 0.00000121. The van der Waals surface area contributed by atoms with Gasteiger partial charge in [0, 0.05) is 13.1 Å². The molecule has 3 atom stereocenters. The minimum absolute atomic E-state index is 0. The smallest absolute Gasteiger partial charge is 0.128 e. The van der Waals surface area contributed by atoms with Gasteiger partial charge in [0.15, 0.2) is 0 Å². The van der Waals surface area contributed by atoms with Crippen LogP contribution in [-0.4, -0.2) is 57.9 Å². The lowest BCUT2D eigenvalue weighted by atomic mass is 9.90. The van der Waals surface area contributed by atoms with E-state index in [1.54, 1.807) is 0 Å². The highest BCUT2D eigenvalue weighted by Crippen LogP contribution is 2.15. The molecule has 0 radical (unpaired) electrons. The molecule has 0 bridgehead atoms. The summed E-state index contributed by atoms with van der Waals surface area (Å²) in [7, 11) is 0. The second-order valence-corrected chi connectivity index (χ2v) is 2.90. The van der Waals surface area contributed by atoms with Gasteiger partial charge >= 0.3 is 0 Å². The monoisotopic (exact) mass is 199 g/mol. The largest absolute Gasteiger partial charge is 0.393 e. The van der Waals surface area contributed by atoms with Gasteiger partial charge in [0.25, 0.3) is 0 Å². The van der Waals surface area contributed by atoms with Crippen molar-refractivity contribution in [2.24, 2.45) is 0 Å². The lowest BCUT2D eigenvalue weighted by Gasteiger charge is -2.38. The highest BCUT2D eigenvalue weighted by Gasteiger charge is 2.42. The summed E-state index contributed by atoms with van der Waals surface area (Å²) in [6, 6.07) is 0. The summed E-state index contributed by atoms with van der Waals surface area (Å²) >= 11 is 0. The van der Waals surface area contributed by atoms with Crippen molar-refractivity contribution in [3.05, 3.63) is 0 Å². The van der Waals surface area contributed by atoms with E-state index in [0.29, 0.717) is 0 Å². The molecule has 0 aromatic carbocycles. The number of rotatable bonds is 1. The van der Waals surface area contributed by atoms with E-state index in [4.69, 9.17) is 10.2 Å². The molecule has 1 fully saturated rings. The molecule has 0 aromatic heterocycles. The van der Waals surface area contributed by atoms with E-state index in [-0.39, 0.29) is 25.5 Å². The third-order valence-electron chi connectivity index (χ3n) is 1.97. The van der Waals surface area contributed by atoms with Gasteiger partial charge in [-0.05, 0) is 0 Å². The molecule has 0 spiro atoms. The standard InChI is InChI=1S/C6H13NO4.ClH/c8-3-6(11)2-7-1-4(9)5(6)10;/h4-5,7-11H,1-3H2;1H/t4-,5+,6+;/m0./s1. The van der Waals surface area contributed by atoms with Gasteiger partial charge in [-0.25, -0.2) is 0 Å². The van der Waals surface area contributed by atoms with Crippen LogP contribution in [0, 0.1) is 0 Å². The van der Waals surface area contributed by atoms with Crippen molar-refractivity contribution in [1.29, 1.82) is 0 Å². The Hall–Kier alpha value is 0.0900. The first-order chi connectivity index (χ1) is 5.10. The van der Waals surface area contributed by atoms with Crippen LogP contribution in [0.2, 0.25) is 0 Å². The molecular formula is C6H14ClNO4. The van der Waals surface area contributed by atoms with Crippen molar-refractivity contribution in [1.82, 2.24) is 5.32 Å². The van der Waals surface area contributed by atoms with E-state index in [2.05, 4.69) is 5.32 Å². The van der Waals surface area contributed by atoms with Crippen molar-refractivity contribution in [2.75, 3.05) is 19.7 Å². The Labute approximate surface area is 76.4 Å². The van der Waals surface area contributed by atoms with Crippen molar-refractivity contribution in [3.63, 3.8) is 0 Å². The maximum Gasteiger partial charge on any atom is 0.128 e. The van der Waals surface area contributed by atoms with E-state index in [1.165, 1.54) is 0 Å². The molecule has 5 nitrogen and oxygen atoms in total. The van der Waals surface area contributed by atoms with Gasteiger partial charge in [-0.1, -0.05) is 0 Å². The molecule has 0 unspecified atom stereocenters. The topological polar surface area (TPSA) is 93.0 Å². The Morgan fingerprint density at radius 3 is 2.42 bits per heavy atom. The van der Waals surface area contributed by atoms with Gasteiger partial charge in [-0.15, -0.1) is 12.4 Å². The summed E-state index contributed by atoms with van der Waals surface area (Å²) in [6.07, 6.45) is -2.28. The lowest BCUT2D eigenvalue weighted by Crippen LogP contribution is -2.64. The van der Waals surface area contributed by atoms with Gasteiger partial charge in [0.05, 0.1) is 12.7 Å². The zero-order chi connectivity index (χ0) is 8.48. The third kappa shape index (κ3) is 2.07. The van der Waals surface area contributed by atoms with Crippen LogP contribution in [0.5, 0.6) is 0 Å². The number of hydrogen-bond donors (Lipinski definition) is 5. The normalized spacial score (nSPS) is 42.0. The molecule has 0 aliphatic carbocycles. The molecule has 1 saturated heterocycles. The lowest BCUT2D eigenvalue weighted by molar-refractivity contribution is -0.158. The van der Waals surface area contributed by atoms with Crippen molar-refractivity contribution in [3.8, 4) is 0 Å². The maximum absolute atomic E-state index is 9.40. The van der Waals surface area contributed by atoms with Crippen LogP contribution in [0.4, 0.5) is 0 Å². The fourth-order valence-electron chi connectivity index (χ4n) is 1.16. The maximum atomic E-state index is 9.40. The second-order valence-electron chi connectivity index (χ2n) is 2.90. The van der Waals surface area contributed by atoms with E-state index < -0.39 is 24.4 Å². The molecule has 5 N–H and O–H groups in total. The summed E-state index contributed by atoms with van der Waals surface area (Å²) in [6.45, 7) is -0.219. The molecule has 6 heteroatoms. The molecule has 0 amide bonds. The van der Waals surface area contributed by atoms with Crippen LogP contribution in [0.1, 0.15) is 0 Å². The zero-order valence-corrected chi connectivity index (χ0v) is 7.29. The first-order valence-corrected chi connectivity index (χ1v) is 3.50. The van der Waals surface area contributed by atoms with Crippen molar-refractivity contribution in [2.45, 2.75) is 17.8 Å². The van der Waals surface area contributed by atoms with Crippen LogP contribution < -0.4 is 5.32 Å². The van der Waals surface area contributed by atoms with E-state index in [1.807, 2.05) is 0 Å². The minimum Gasteiger partial charge on any atom is -0.393 e. The second kappa shape index (κ2) is 4.36. The van der Waals surface area contributed by atoms with Gasteiger partial charge in [0.1, 0.15) is 11.7 Å². The van der Waals surface area contributed by atoms with Gasteiger partial charge < -0.3 is 25.7 Å². The number of nitrogens with one attached hydrogen (secondary N) is 1. The predicted molar refractivity (Wildman–Crippen MR) is 44.2 cm³/mol. The quantitative estimate of drug-likeness (QED) is 0.321. The van der Waals surface area contributed by atoms with Gasteiger partial charge in [-0.3, -0.25) is 0 Å². The highest BCUT2D eigenvalue weighted by atomic mass is 35.5. The summed E-state index contributed by atoms with van der Waals surface area (Å²) < 4.78 is 0. The number of hydrogen-bond acceptors (Lipinski definition) is 5. The third-order valence-corrected chi connectivity index (χ3v) is 1.97. The first-order valence-electron chi connectivity index (χ1n) is 3.50. The molecule has 1 aliphatic heterocycles. The number of β-amino-alcohol motifs (C(OH)–C–C–N with tert-alkyl or cyclic N) is 2. The number of aliphatic hydroxyl groups excluding tert-OH is 3. The fraction of sp³-hybridized carbons (Fsp3) is 1.00. The number of halogens is 1. The van der Waals surface area contributed by atoms with E-state index in [9.17, 15) is 10.2 Å². The van der Waals surface area contributed by atoms with Gasteiger partial charge in [0.2, 0.25) is 0 Å². The molecule has 74 valence electrons. The van der Waals surface area contributed by atoms with E-state index >= 15 is 0 Å². The van der Waals surface area contributed by atoms with Crippen LogP contribution in [-0.2, 0) is 0 Å². The zero-order valence-electron chi connectivity index (χ0n) is 6.47. The molecular weight excluding hydrogens is 186 g/mol. The average Bonchev–Trinajstić information content (AvgIpc) is 2.00.